The molecule has 4 aromatic carbocycles. The Morgan fingerprint density at radius 3 is 1.23 bits per heavy atom. The number of unbranched alkanes of at least 4 members (excludes halogenated alkanes) is 4. The van der Waals surface area contributed by atoms with Gasteiger partial charge in [-0.3, -0.25) is 9.59 Å². The first kappa shape index (κ1) is 45.8. The number of benzene rings is 4. The van der Waals surface area contributed by atoms with Crippen LogP contribution in [0.1, 0.15) is 125 Å². The lowest BCUT2D eigenvalue weighted by Gasteiger charge is -2.14. The second-order valence-electron chi connectivity index (χ2n) is 12.7. The molecule has 0 saturated carbocycles. The number of aliphatic hydroxyl groups excluding tert-OH is 2. The van der Waals surface area contributed by atoms with Gasteiger partial charge in [0.2, 0.25) is 0 Å². The van der Waals surface area contributed by atoms with Crippen LogP contribution < -0.4 is 9.47 Å². The van der Waals surface area contributed by atoms with Crippen LogP contribution in [0.4, 0.5) is 0 Å². The zero-order valence-electron chi connectivity index (χ0n) is 30.0. The van der Waals surface area contributed by atoms with Crippen molar-refractivity contribution in [2.45, 2.75) is 118 Å². The molecular formula is C46H64O6. The third-order valence-electron chi connectivity index (χ3n) is 8.49. The molecule has 2 N–H and O–H groups in total. The van der Waals surface area contributed by atoms with Crippen LogP contribution >= 0.6 is 0 Å². The molecule has 0 aliphatic heterocycles. The van der Waals surface area contributed by atoms with E-state index in [4.69, 9.17) is 9.47 Å². The van der Waals surface area contributed by atoms with Crippen LogP contribution in [0, 0.1) is 0 Å². The van der Waals surface area contributed by atoms with Gasteiger partial charge in [0, 0.05) is 12.8 Å². The minimum absolute atomic E-state index is 0. The van der Waals surface area contributed by atoms with E-state index in [0.717, 1.165) is 62.5 Å². The van der Waals surface area contributed by atoms with Gasteiger partial charge in [0.1, 0.15) is 24.7 Å². The Balaban J connectivity index is 0.000000501. The number of carbonyl (C=O) groups excluding carboxylic acids is 2. The van der Waals surface area contributed by atoms with Gasteiger partial charge in [0.15, 0.2) is 11.6 Å². The molecule has 284 valence electrons. The van der Waals surface area contributed by atoms with Gasteiger partial charge in [-0.25, -0.2) is 0 Å². The molecule has 0 radical (unpaired) electrons. The Labute approximate surface area is 314 Å². The summed E-state index contributed by atoms with van der Waals surface area (Å²) in [6.45, 7) is 4.74. The molecule has 6 heteroatoms. The quantitative estimate of drug-likeness (QED) is 0.0622. The third kappa shape index (κ3) is 17.8. The van der Waals surface area contributed by atoms with E-state index >= 15 is 0 Å². The Hall–Kier alpha value is -4.26. The summed E-state index contributed by atoms with van der Waals surface area (Å²) in [5.74, 6) is 1.27. The number of aryl methyl sites for hydroxylation is 2. The molecule has 2 atom stereocenters. The molecule has 0 aliphatic carbocycles. The van der Waals surface area contributed by atoms with Gasteiger partial charge in [-0.15, -0.1) is 0 Å². The molecule has 6 nitrogen and oxygen atoms in total. The smallest absolute Gasteiger partial charge is 0.166 e. The van der Waals surface area contributed by atoms with Gasteiger partial charge < -0.3 is 19.7 Å². The van der Waals surface area contributed by atoms with Gasteiger partial charge in [-0.2, -0.15) is 0 Å². The summed E-state index contributed by atoms with van der Waals surface area (Å²) >= 11 is 0. The first-order valence-corrected chi connectivity index (χ1v) is 18.3. The van der Waals surface area contributed by atoms with Crippen molar-refractivity contribution >= 4 is 11.6 Å². The number of aliphatic hydroxyl groups is 2. The lowest BCUT2D eigenvalue weighted by atomic mass is 10.0. The Bertz CT molecular complexity index is 1390. The Morgan fingerprint density at radius 1 is 0.519 bits per heavy atom. The van der Waals surface area contributed by atoms with E-state index in [-0.39, 0.29) is 39.6 Å². The highest BCUT2D eigenvalue weighted by molar-refractivity contribution is 5.99. The molecule has 0 aliphatic rings. The third-order valence-corrected chi connectivity index (χ3v) is 8.49. The van der Waals surface area contributed by atoms with E-state index in [1.165, 1.54) is 0 Å². The number of rotatable bonds is 22. The molecule has 0 spiro atoms. The molecule has 52 heavy (non-hydrogen) atoms. The fourth-order valence-corrected chi connectivity index (χ4v) is 5.52. The second-order valence-corrected chi connectivity index (χ2v) is 12.7. The minimum atomic E-state index is -0.487. The number of Topliss-reactive ketones (excluding diaryl/α,β-unsaturated/α-hetero) is 2. The largest absolute Gasteiger partial charge is 0.490 e. The molecule has 4 aromatic rings. The fraction of sp³-hybridized carbons (Fsp3) is 0.435. The molecule has 4 rings (SSSR count). The second kappa shape index (κ2) is 27.4. The van der Waals surface area contributed by atoms with E-state index in [1.807, 2.05) is 84.9 Å². The van der Waals surface area contributed by atoms with E-state index in [9.17, 15) is 19.8 Å². The van der Waals surface area contributed by atoms with Gasteiger partial charge in [0.25, 0.3) is 0 Å². The summed E-state index contributed by atoms with van der Waals surface area (Å²) in [5, 5.41) is 20.0. The summed E-state index contributed by atoms with van der Waals surface area (Å²) in [4.78, 5) is 25.1. The molecular weight excluding hydrogens is 649 g/mol. The van der Waals surface area contributed by atoms with Crippen molar-refractivity contribution in [1.29, 1.82) is 0 Å². The lowest BCUT2D eigenvalue weighted by molar-refractivity contribution is 0.0918. The van der Waals surface area contributed by atoms with Gasteiger partial charge in [0.05, 0.1) is 23.3 Å². The highest BCUT2D eigenvalue weighted by atomic mass is 16.5. The van der Waals surface area contributed by atoms with Crippen LogP contribution in [0.25, 0.3) is 0 Å². The van der Waals surface area contributed by atoms with Gasteiger partial charge in [-0.05, 0) is 61.1 Å². The molecule has 0 aromatic heterocycles. The molecule has 2 unspecified atom stereocenters. The van der Waals surface area contributed by atoms with Crippen molar-refractivity contribution < 1.29 is 29.3 Å². The predicted octanol–water partition coefficient (Wildman–Crippen LogP) is 10.9. The summed E-state index contributed by atoms with van der Waals surface area (Å²) in [7, 11) is 0. The van der Waals surface area contributed by atoms with Crippen molar-refractivity contribution in [1.82, 2.24) is 0 Å². The molecule has 0 saturated heterocycles. The Morgan fingerprint density at radius 2 is 0.865 bits per heavy atom. The number of para-hydroxylation sites is 2. The van der Waals surface area contributed by atoms with E-state index in [2.05, 4.69) is 13.8 Å². The lowest BCUT2D eigenvalue weighted by Crippen LogP contribution is -2.18. The minimum Gasteiger partial charge on any atom is -0.490 e. The Kier molecular flexibility index (Phi) is 24.1. The van der Waals surface area contributed by atoms with Crippen molar-refractivity contribution in [2.75, 3.05) is 13.2 Å². The summed E-state index contributed by atoms with van der Waals surface area (Å²) in [6.07, 6.45) is 9.32. The summed E-state index contributed by atoms with van der Waals surface area (Å²) < 4.78 is 11.5. The highest BCUT2D eigenvalue weighted by Gasteiger charge is 2.15. The normalized spacial score (nSPS) is 11.5. The van der Waals surface area contributed by atoms with Crippen LogP contribution in [0.3, 0.4) is 0 Å². The van der Waals surface area contributed by atoms with Crippen LogP contribution in [0.5, 0.6) is 11.5 Å². The fourth-order valence-electron chi connectivity index (χ4n) is 5.52. The molecule has 0 fully saturated rings. The number of hydrogen-bond acceptors (Lipinski definition) is 6. The maximum atomic E-state index is 12.6. The van der Waals surface area contributed by atoms with Crippen LogP contribution in [0.15, 0.2) is 109 Å². The number of carbonyl (C=O) groups is 2. The van der Waals surface area contributed by atoms with Crippen molar-refractivity contribution in [2.24, 2.45) is 0 Å². The van der Waals surface area contributed by atoms with Crippen molar-refractivity contribution in [3.8, 4) is 11.5 Å². The predicted molar refractivity (Wildman–Crippen MR) is 216 cm³/mol. The SMILES string of the molecule is C.C.CCCCCC(O)COc1ccccc1C(=O)CCc1ccccc1.CCCCCC(O)COc1ccccc1C(=O)CCc1ccccc1. The maximum absolute atomic E-state index is 12.6. The van der Waals surface area contributed by atoms with Gasteiger partial charge in [-0.1, -0.05) is 152 Å². The molecule has 0 heterocycles. The van der Waals surface area contributed by atoms with Crippen LogP contribution in [-0.4, -0.2) is 47.2 Å². The van der Waals surface area contributed by atoms with E-state index in [0.29, 0.717) is 48.3 Å². The first-order valence-electron chi connectivity index (χ1n) is 18.3. The zero-order valence-corrected chi connectivity index (χ0v) is 30.0. The molecule has 0 amide bonds. The monoisotopic (exact) mass is 712 g/mol. The average Bonchev–Trinajstić information content (AvgIpc) is 3.16. The van der Waals surface area contributed by atoms with E-state index < -0.39 is 12.2 Å². The average molecular weight is 713 g/mol. The number of ketones is 2. The molecule has 0 bridgehead atoms. The summed E-state index contributed by atoms with van der Waals surface area (Å²) in [5.41, 5.74) is 3.50. The number of ether oxygens (including phenoxy) is 2. The zero-order chi connectivity index (χ0) is 35.8. The van der Waals surface area contributed by atoms with Crippen molar-refractivity contribution in [3.05, 3.63) is 131 Å². The maximum Gasteiger partial charge on any atom is 0.166 e. The number of hydrogen-bond donors (Lipinski definition) is 2. The van der Waals surface area contributed by atoms with Crippen LogP contribution in [0.2, 0.25) is 0 Å². The topological polar surface area (TPSA) is 93.1 Å². The summed E-state index contributed by atoms with van der Waals surface area (Å²) in [6, 6.07) is 34.6. The van der Waals surface area contributed by atoms with Crippen LogP contribution in [-0.2, 0) is 12.8 Å². The van der Waals surface area contributed by atoms with Crippen molar-refractivity contribution in [3.63, 3.8) is 0 Å². The highest BCUT2D eigenvalue weighted by Crippen LogP contribution is 2.23. The van der Waals surface area contributed by atoms with E-state index in [1.54, 1.807) is 24.3 Å². The first-order chi connectivity index (χ1) is 24.4. The standard InChI is InChI=1S/2C22H28O3.2CH4/c2*1-2-3-5-12-19(23)17-25-22-14-9-8-13-20(22)21(24)16-15-18-10-6-4-7-11-18;;/h2*4,6-11,13-14,19,23H,2-3,5,12,15-17H2,1H3;2*1H4. The van der Waals surface area contributed by atoms with Gasteiger partial charge >= 0.3 is 0 Å².